The first-order valence-electron chi connectivity index (χ1n) is 8.43. The van der Waals surface area contributed by atoms with Crippen LogP contribution in [-0.2, 0) is 16.1 Å². The molecule has 1 aliphatic heterocycles. The van der Waals surface area contributed by atoms with E-state index >= 15 is 0 Å². The Hall–Kier alpha value is -3.00. The maximum absolute atomic E-state index is 13.1. The highest BCUT2D eigenvalue weighted by Crippen LogP contribution is 2.28. The van der Waals surface area contributed by atoms with Gasteiger partial charge in [0, 0.05) is 26.0 Å². The molecule has 8 heteroatoms. The lowest BCUT2D eigenvalue weighted by Gasteiger charge is -2.29. The zero-order valence-electron chi connectivity index (χ0n) is 15.1. The van der Waals surface area contributed by atoms with Gasteiger partial charge in [0.25, 0.3) is 5.91 Å². The highest BCUT2D eigenvalue weighted by atomic mass is 32.1. The van der Waals surface area contributed by atoms with Crippen LogP contribution < -0.4 is 15.0 Å². The number of ether oxygens (including phenoxy) is 1. The van der Waals surface area contributed by atoms with Crippen LogP contribution in [0.4, 0.5) is 5.69 Å². The summed E-state index contributed by atoms with van der Waals surface area (Å²) in [6, 6.07) is 9.88. The summed E-state index contributed by atoms with van der Waals surface area (Å²) in [7, 11) is 3.26. The number of thiocarbonyl (C=S) groups is 1. The SMILES string of the molecule is CNC(=S)N(Cc1ccncc1)[C@H]1CC(=O)N(c2ccc(OC)cc2)C1=O. The first kappa shape index (κ1) is 18.8. The van der Waals surface area contributed by atoms with Crippen LogP contribution in [0.1, 0.15) is 12.0 Å². The standard InChI is InChI=1S/C19H20N4O3S/c1-20-19(27)22(12-13-7-9-21-10-8-13)16-11-17(24)23(18(16)25)14-3-5-15(26-2)6-4-14/h3-10,16H,11-12H2,1-2H3,(H,20,27)/t16-/m0/s1. The molecule has 1 atom stereocenters. The summed E-state index contributed by atoms with van der Waals surface area (Å²) in [4.78, 5) is 32.6. The smallest absolute Gasteiger partial charge is 0.257 e. The molecule has 0 unspecified atom stereocenters. The Balaban J connectivity index is 1.86. The van der Waals surface area contributed by atoms with Crippen LogP contribution in [0.15, 0.2) is 48.8 Å². The van der Waals surface area contributed by atoms with Gasteiger partial charge in [-0.1, -0.05) is 0 Å². The number of methoxy groups -OCH3 is 1. The van der Waals surface area contributed by atoms with Gasteiger partial charge >= 0.3 is 0 Å². The number of aromatic nitrogens is 1. The number of hydrogen-bond acceptors (Lipinski definition) is 5. The first-order chi connectivity index (χ1) is 13.0. The second-order valence-electron chi connectivity index (χ2n) is 6.02. The van der Waals surface area contributed by atoms with Crippen LogP contribution >= 0.6 is 12.2 Å². The quantitative estimate of drug-likeness (QED) is 0.622. The molecule has 2 amide bonds. The lowest BCUT2D eigenvalue weighted by molar-refractivity contribution is -0.122. The van der Waals surface area contributed by atoms with Crippen molar-refractivity contribution >= 4 is 34.8 Å². The molecule has 0 spiro atoms. The molecule has 7 nitrogen and oxygen atoms in total. The van der Waals surface area contributed by atoms with Crippen LogP contribution in [-0.4, -0.2) is 47.0 Å². The average Bonchev–Trinajstić information content (AvgIpc) is 3.00. The van der Waals surface area contributed by atoms with Crippen molar-refractivity contribution in [3.05, 3.63) is 54.4 Å². The number of imide groups is 1. The van der Waals surface area contributed by atoms with Crippen LogP contribution in [0, 0.1) is 0 Å². The summed E-state index contributed by atoms with van der Waals surface area (Å²) in [6.45, 7) is 0.405. The van der Waals surface area contributed by atoms with Crippen LogP contribution in [0.5, 0.6) is 5.75 Å². The maximum Gasteiger partial charge on any atom is 0.257 e. The predicted octanol–water partition coefficient (Wildman–Crippen LogP) is 1.73. The lowest BCUT2D eigenvalue weighted by atomic mass is 10.1. The van der Waals surface area contributed by atoms with E-state index < -0.39 is 6.04 Å². The van der Waals surface area contributed by atoms with E-state index in [1.807, 2.05) is 12.1 Å². The minimum atomic E-state index is -0.660. The number of rotatable bonds is 5. The molecule has 1 N–H and O–H groups in total. The molecule has 1 aromatic carbocycles. The Bertz CT molecular complexity index is 842. The van der Waals surface area contributed by atoms with Gasteiger partial charge in [0.15, 0.2) is 5.11 Å². The van der Waals surface area contributed by atoms with Gasteiger partial charge < -0.3 is 15.0 Å². The number of pyridine rings is 1. The largest absolute Gasteiger partial charge is 0.497 e. The summed E-state index contributed by atoms with van der Waals surface area (Å²) in [6.07, 6.45) is 3.43. The van der Waals surface area contributed by atoms with Gasteiger partial charge in [0.05, 0.1) is 19.2 Å². The molecule has 27 heavy (non-hydrogen) atoms. The summed E-state index contributed by atoms with van der Waals surface area (Å²) in [5.41, 5.74) is 1.47. The molecule has 1 aromatic heterocycles. The molecular weight excluding hydrogens is 364 g/mol. The topological polar surface area (TPSA) is 74.8 Å². The normalized spacial score (nSPS) is 16.4. The fourth-order valence-electron chi connectivity index (χ4n) is 3.01. The van der Waals surface area contributed by atoms with Crippen LogP contribution in [0.2, 0.25) is 0 Å². The third kappa shape index (κ3) is 3.90. The van der Waals surface area contributed by atoms with Crippen molar-refractivity contribution in [1.29, 1.82) is 0 Å². The monoisotopic (exact) mass is 384 g/mol. The zero-order valence-corrected chi connectivity index (χ0v) is 15.9. The van der Waals surface area contributed by atoms with Crippen LogP contribution in [0.25, 0.3) is 0 Å². The summed E-state index contributed by atoms with van der Waals surface area (Å²) >= 11 is 5.39. The highest BCUT2D eigenvalue weighted by Gasteiger charge is 2.43. The molecule has 3 rings (SSSR count). The van der Waals surface area contributed by atoms with E-state index in [0.29, 0.717) is 23.1 Å². The minimum absolute atomic E-state index is 0.0672. The van der Waals surface area contributed by atoms with Crippen molar-refractivity contribution in [2.24, 2.45) is 0 Å². The number of carbonyl (C=O) groups is 2. The maximum atomic E-state index is 13.1. The molecule has 0 saturated carbocycles. The Morgan fingerprint density at radius 1 is 1.26 bits per heavy atom. The van der Waals surface area contributed by atoms with Crippen molar-refractivity contribution in [2.75, 3.05) is 19.1 Å². The van der Waals surface area contributed by atoms with Gasteiger partial charge in [-0.15, -0.1) is 0 Å². The second kappa shape index (κ2) is 8.13. The fraction of sp³-hybridized carbons (Fsp3) is 0.263. The minimum Gasteiger partial charge on any atom is -0.497 e. The first-order valence-corrected chi connectivity index (χ1v) is 8.84. The number of carbonyl (C=O) groups excluding carboxylic acids is 2. The number of benzene rings is 1. The third-order valence-electron chi connectivity index (χ3n) is 4.41. The van der Waals surface area contributed by atoms with Gasteiger partial charge in [-0.25, -0.2) is 4.90 Å². The molecule has 2 aromatic rings. The van der Waals surface area contributed by atoms with E-state index in [1.165, 1.54) is 4.90 Å². The van der Waals surface area contributed by atoms with Crippen molar-refractivity contribution in [2.45, 2.75) is 19.0 Å². The van der Waals surface area contributed by atoms with E-state index in [4.69, 9.17) is 17.0 Å². The number of hydrogen-bond donors (Lipinski definition) is 1. The Morgan fingerprint density at radius 3 is 2.52 bits per heavy atom. The predicted molar refractivity (Wildman–Crippen MR) is 105 cm³/mol. The van der Waals surface area contributed by atoms with Crippen molar-refractivity contribution in [1.82, 2.24) is 15.2 Å². The molecule has 0 bridgehead atoms. The van der Waals surface area contributed by atoms with Crippen molar-refractivity contribution < 1.29 is 14.3 Å². The van der Waals surface area contributed by atoms with Gasteiger partial charge in [0.2, 0.25) is 5.91 Å². The van der Waals surface area contributed by atoms with Gasteiger partial charge in [-0.2, -0.15) is 0 Å². The average molecular weight is 384 g/mol. The number of amides is 2. The zero-order chi connectivity index (χ0) is 19.4. The Labute approximate surface area is 162 Å². The van der Waals surface area contributed by atoms with Crippen molar-refractivity contribution in [3.8, 4) is 5.75 Å². The van der Waals surface area contributed by atoms with Gasteiger partial charge in [-0.05, 0) is 54.2 Å². The van der Waals surface area contributed by atoms with E-state index in [1.54, 1.807) is 55.7 Å². The molecular formula is C19H20N4O3S. The number of anilines is 1. The van der Waals surface area contributed by atoms with Gasteiger partial charge in [-0.3, -0.25) is 14.6 Å². The van der Waals surface area contributed by atoms with E-state index in [2.05, 4.69) is 10.3 Å². The van der Waals surface area contributed by atoms with E-state index in [0.717, 1.165) is 5.56 Å². The molecule has 0 aliphatic carbocycles. The van der Waals surface area contributed by atoms with E-state index in [9.17, 15) is 9.59 Å². The summed E-state index contributed by atoms with van der Waals surface area (Å²) in [5.74, 6) is 0.107. The third-order valence-corrected chi connectivity index (χ3v) is 4.85. The Morgan fingerprint density at radius 2 is 1.93 bits per heavy atom. The summed E-state index contributed by atoms with van der Waals surface area (Å²) < 4.78 is 5.13. The fourth-order valence-corrected chi connectivity index (χ4v) is 3.21. The molecule has 1 fully saturated rings. The lowest BCUT2D eigenvalue weighted by Crippen LogP contribution is -2.48. The molecule has 1 saturated heterocycles. The van der Waals surface area contributed by atoms with Crippen molar-refractivity contribution in [3.63, 3.8) is 0 Å². The Kier molecular flexibility index (Phi) is 5.66. The second-order valence-corrected chi connectivity index (χ2v) is 6.41. The summed E-state index contributed by atoms with van der Waals surface area (Å²) in [5, 5.41) is 3.32. The number of nitrogens with zero attached hydrogens (tertiary/aromatic N) is 3. The highest BCUT2D eigenvalue weighted by molar-refractivity contribution is 7.80. The molecule has 0 radical (unpaired) electrons. The molecule has 2 heterocycles. The molecule has 1 aliphatic rings. The number of nitrogens with one attached hydrogen (secondary N) is 1. The van der Waals surface area contributed by atoms with Gasteiger partial charge in [0.1, 0.15) is 11.8 Å². The van der Waals surface area contributed by atoms with Crippen LogP contribution in [0.3, 0.4) is 0 Å². The molecule has 140 valence electrons. The van der Waals surface area contributed by atoms with E-state index in [-0.39, 0.29) is 18.2 Å².